The second kappa shape index (κ2) is 4.57. The Morgan fingerprint density at radius 1 is 1.70 bits per heavy atom. The van der Waals surface area contributed by atoms with E-state index in [9.17, 15) is 4.79 Å². The molecule has 0 aromatic rings. The number of carbonyl (C=O) groups excluding carboxylic acids is 1. The van der Waals surface area contributed by atoms with Gasteiger partial charge in [0.25, 0.3) is 0 Å². The van der Waals surface area contributed by atoms with Crippen molar-refractivity contribution in [2.45, 2.75) is 5.25 Å². The summed E-state index contributed by atoms with van der Waals surface area (Å²) >= 11 is 1.37. The third-order valence-electron chi connectivity index (χ3n) is 1.17. The van der Waals surface area contributed by atoms with Crippen LogP contribution in [0.25, 0.3) is 0 Å². The van der Waals surface area contributed by atoms with E-state index in [4.69, 9.17) is 5.11 Å². The molecule has 0 fully saturated rings. The summed E-state index contributed by atoms with van der Waals surface area (Å²) in [4.78, 5) is 12.5. The van der Waals surface area contributed by atoms with Gasteiger partial charge in [-0.1, -0.05) is 0 Å². The lowest BCUT2D eigenvalue weighted by Gasteiger charge is -2.15. The Morgan fingerprint density at radius 3 is 2.30 bits per heavy atom. The number of carbonyl (C=O) groups is 1. The molecule has 0 saturated heterocycles. The van der Waals surface area contributed by atoms with Crippen LogP contribution in [0.3, 0.4) is 0 Å². The predicted octanol–water partition coefficient (Wildman–Crippen LogP) is -0.202. The number of aliphatic hydroxyl groups is 1. The molecule has 0 rings (SSSR count). The maximum absolute atomic E-state index is 11.1. The van der Waals surface area contributed by atoms with E-state index < -0.39 is 0 Å². The second-order valence-electron chi connectivity index (χ2n) is 2.14. The molecule has 1 atom stereocenters. The first-order valence-electron chi connectivity index (χ1n) is 2.98. The first-order chi connectivity index (χ1) is 4.63. The number of hydrogen-bond donors (Lipinski definition) is 1. The van der Waals surface area contributed by atoms with Crippen molar-refractivity contribution in [2.24, 2.45) is 0 Å². The number of thioether (sulfide) groups is 1. The molecule has 0 bridgehead atoms. The summed E-state index contributed by atoms with van der Waals surface area (Å²) in [5.74, 6) is -0.0324. The first kappa shape index (κ1) is 9.78. The molecule has 0 aliphatic heterocycles. The van der Waals surface area contributed by atoms with Crippen LogP contribution in [0.15, 0.2) is 0 Å². The predicted molar refractivity (Wildman–Crippen MR) is 43.1 cm³/mol. The molecule has 3 nitrogen and oxygen atoms in total. The number of rotatable bonds is 3. The van der Waals surface area contributed by atoms with E-state index in [1.54, 1.807) is 14.1 Å². The average molecular weight is 163 g/mol. The van der Waals surface area contributed by atoms with Crippen molar-refractivity contribution in [3.63, 3.8) is 0 Å². The maximum Gasteiger partial charge on any atom is 0.237 e. The Morgan fingerprint density at radius 2 is 2.20 bits per heavy atom. The van der Waals surface area contributed by atoms with Crippen LogP contribution in [-0.2, 0) is 4.79 Å². The molecule has 10 heavy (non-hydrogen) atoms. The molecule has 1 amide bonds. The summed E-state index contributed by atoms with van der Waals surface area (Å²) in [7, 11) is 3.36. The minimum atomic E-state index is -0.296. The van der Waals surface area contributed by atoms with Crippen molar-refractivity contribution in [3.05, 3.63) is 0 Å². The van der Waals surface area contributed by atoms with Crippen LogP contribution in [0.1, 0.15) is 0 Å². The maximum atomic E-state index is 11.1. The van der Waals surface area contributed by atoms with Gasteiger partial charge in [-0.25, -0.2) is 0 Å². The molecule has 0 aliphatic rings. The lowest BCUT2D eigenvalue weighted by atomic mass is 10.4. The summed E-state index contributed by atoms with van der Waals surface area (Å²) in [5, 5.41) is 8.38. The first-order valence-corrected chi connectivity index (χ1v) is 4.27. The molecule has 0 aromatic carbocycles. The highest BCUT2D eigenvalue weighted by Gasteiger charge is 2.16. The van der Waals surface area contributed by atoms with Gasteiger partial charge in [-0.05, 0) is 6.26 Å². The van der Waals surface area contributed by atoms with Crippen molar-refractivity contribution in [1.82, 2.24) is 4.90 Å². The van der Waals surface area contributed by atoms with Crippen molar-refractivity contribution < 1.29 is 9.90 Å². The van der Waals surface area contributed by atoms with E-state index in [1.807, 2.05) is 6.26 Å². The SMILES string of the molecule is CSC(CO)C(=O)N(C)C. The van der Waals surface area contributed by atoms with E-state index >= 15 is 0 Å². The zero-order chi connectivity index (χ0) is 8.15. The molecule has 0 heterocycles. The fourth-order valence-electron chi connectivity index (χ4n) is 0.541. The van der Waals surface area contributed by atoms with Crippen LogP contribution in [0.5, 0.6) is 0 Å². The highest BCUT2D eigenvalue weighted by atomic mass is 32.2. The molecule has 1 N–H and O–H groups in total. The van der Waals surface area contributed by atoms with Gasteiger partial charge >= 0.3 is 0 Å². The second-order valence-corrected chi connectivity index (χ2v) is 3.18. The molecule has 0 spiro atoms. The normalized spacial score (nSPS) is 12.8. The molecule has 0 radical (unpaired) electrons. The third kappa shape index (κ3) is 2.58. The molecule has 0 aliphatic carbocycles. The molecular weight excluding hydrogens is 150 g/mol. The van der Waals surface area contributed by atoms with E-state index in [2.05, 4.69) is 0 Å². The minimum Gasteiger partial charge on any atom is -0.395 e. The Balaban J connectivity index is 3.89. The van der Waals surface area contributed by atoms with Crippen molar-refractivity contribution in [3.8, 4) is 0 Å². The van der Waals surface area contributed by atoms with Gasteiger partial charge in [-0.3, -0.25) is 4.79 Å². The van der Waals surface area contributed by atoms with Crippen molar-refractivity contribution in [1.29, 1.82) is 0 Å². The van der Waals surface area contributed by atoms with Crippen LogP contribution < -0.4 is 0 Å². The highest BCUT2D eigenvalue weighted by molar-refractivity contribution is 7.99. The molecule has 4 heteroatoms. The third-order valence-corrected chi connectivity index (χ3v) is 2.09. The van der Waals surface area contributed by atoms with Gasteiger partial charge in [0.2, 0.25) is 5.91 Å². The monoisotopic (exact) mass is 163 g/mol. The molecular formula is C6H13NO2S. The summed E-state index contributed by atoms with van der Waals surface area (Å²) in [6, 6.07) is 0. The summed E-state index contributed by atoms with van der Waals surface area (Å²) in [6.45, 7) is -0.0851. The van der Waals surface area contributed by atoms with E-state index in [1.165, 1.54) is 16.7 Å². The zero-order valence-electron chi connectivity index (χ0n) is 6.50. The topological polar surface area (TPSA) is 40.5 Å². The Kier molecular flexibility index (Phi) is 4.47. The highest BCUT2D eigenvalue weighted by Crippen LogP contribution is 2.07. The van der Waals surface area contributed by atoms with E-state index in [-0.39, 0.29) is 17.8 Å². The van der Waals surface area contributed by atoms with Crippen LogP contribution >= 0.6 is 11.8 Å². The fourth-order valence-corrected chi connectivity index (χ4v) is 1.10. The lowest BCUT2D eigenvalue weighted by molar-refractivity contribution is -0.128. The Hall–Kier alpha value is -0.220. The fraction of sp³-hybridized carbons (Fsp3) is 0.833. The summed E-state index contributed by atoms with van der Waals surface area (Å²) in [5.41, 5.74) is 0. The average Bonchev–Trinajstić information content (AvgIpc) is 1.90. The smallest absolute Gasteiger partial charge is 0.237 e. The Bertz CT molecular complexity index is 112. The minimum absolute atomic E-state index is 0.0324. The largest absolute Gasteiger partial charge is 0.395 e. The van der Waals surface area contributed by atoms with Crippen LogP contribution in [-0.4, -0.2) is 48.1 Å². The van der Waals surface area contributed by atoms with Crippen LogP contribution in [0.2, 0.25) is 0 Å². The van der Waals surface area contributed by atoms with Gasteiger partial charge in [-0.15, -0.1) is 11.8 Å². The van der Waals surface area contributed by atoms with Gasteiger partial charge < -0.3 is 10.0 Å². The molecule has 0 aromatic heterocycles. The standard InChI is InChI=1S/C6H13NO2S/c1-7(2)6(9)5(4-8)10-3/h5,8H,4H2,1-3H3. The van der Waals surface area contributed by atoms with Crippen molar-refractivity contribution >= 4 is 17.7 Å². The van der Waals surface area contributed by atoms with Crippen LogP contribution in [0.4, 0.5) is 0 Å². The number of hydrogen-bond acceptors (Lipinski definition) is 3. The molecule has 0 saturated carbocycles. The number of nitrogens with zero attached hydrogens (tertiary/aromatic N) is 1. The number of aliphatic hydroxyl groups excluding tert-OH is 1. The van der Waals surface area contributed by atoms with Gasteiger partial charge in [0.05, 0.1) is 6.61 Å². The molecule has 60 valence electrons. The Labute approximate surface area is 65.4 Å². The summed E-state index contributed by atoms with van der Waals surface area (Å²) < 4.78 is 0. The molecule has 1 unspecified atom stereocenters. The quantitative estimate of drug-likeness (QED) is 0.626. The van der Waals surface area contributed by atoms with Gasteiger partial charge in [0.1, 0.15) is 5.25 Å². The van der Waals surface area contributed by atoms with Gasteiger partial charge in [0.15, 0.2) is 0 Å². The van der Waals surface area contributed by atoms with Gasteiger partial charge in [0, 0.05) is 14.1 Å². The lowest BCUT2D eigenvalue weighted by Crippen LogP contribution is -2.33. The van der Waals surface area contributed by atoms with E-state index in [0.717, 1.165) is 0 Å². The number of amides is 1. The zero-order valence-corrected chi connectivity index (χ0v) is 7.31. The van der Waals surface area contributed by atoms with Gasteiger partial charge in [-0.2, -0.15) is 0 Å². The van der Waals surface area contributed by atoms with Crippen LogP contribution in [0, 0.1) is 0 Å². The van der Waals surface area contributed by atoms with E-state index in [0.29, 0.717) is 0 Å². The van der Waals surface area contributed by atoms with Crippen molar-refractivity contribution in [2.75, 3.05) is 27.0 Å². The summed E-state index contributed by atoms with van der Waals surface area (Å²) in [6.07, 6.45) is 1.81.